The van der Waals surface area contributed by atoms with Gasteiger partial charge in [-0.1, -0.05) is 13.8 Å². The van der Waals surface area contributed by atoms with Crippen LogP contribution in [0.2, 0.25) is 0 Å². The zero-order valence-corrected chi connectivity index (χ0v) is 10.9. The van der Waals surface area contributed by atoms with Crippen LogP contribution in [0, 0.1) is 5.92 Å². The molecule has 0 aromatic heterocycles. The number of hydrogen-bond donors (Lipinski definition) is 1. The van der Waals surface area contributed by atoms with E-state index in [1.54, 1.807) is 0 Å². The first-order valence-electron chi connectivity index (χ1n) is 5.02. The van der Waals surface area contributed by atoms with Gasteiger partial charge in [0, 0.05) is 19.0 Å². The zero-order valence-electron chi connectivity index (χ0n) is 9.31. The van der Waals surface area contributed by atoms with Gasteiger partial charge in [-0.3, -0.25) is 4.55 Å². The van der Waals surface area contributed by atoms with Crippen LogP contribution < -0.4 is 0 Å². The highest BCUT2D eigenvalue weighted by molar-refractivity contribution is 8.00. The molecule has 0 radical (unpaired) electrons. The molecule has 0 saturated heterocycles. The smallest absolute Gasteiger partial charge is 0.265 e. The summed E-state index contributed by atoms with van der Waals surface area (Å²) in [6, 6.07) is 0. The van der Waals surface area contributed by atoms with Crippen molar-refractivity contribution in [1.29, 1.82) is 0 Å². The first-order valence-corrected chi connectivity index (χ1v) is 7.79. The van der Waals surface area contributed by atoms with Crippen molar-refractivity contribution in [3.05, 3.63) is 0 Å². The second-order valence-electron chi connectivity index (χ2n) is 3.72. The Kier molecular flexibility index (Phi) is 8.50. The Morgan fingerprint density at radius 1 is 1.33 bits per heavy atom. The topological polar surface area (TPSA) is 63.6 Å². The number of ether oxygens (including phenoxy) is 1. The van der Waals surface area contributed by atoms with Crippen LogP contribution >= 0.6 is 11.8 Å². The zero-order chi connectivity index (χ0) is 11.7. The predicted molar refractivity (Wildman–Crippen MR) is 64.0 cm³/mol. The van der Waals surface area contributed by atoms with Crippen LogP contribution in [-0.4, -0.2) is 43.4 Å². The highest BCUT2D eigenvalue weighted by Crippen LogP contribution is 2.04. The second-order valence-corrected chi connectivity index (χ2v) is 6.52. The minimum Gasteiger partial charge on any atom is -0.381 e. The maximum atomic E-state index is 10.4. The van der Waals surface area contributed by atoms with E-state index < -0.39 is 10.1 Å². The van der Waals surface area contributed by atoms with Crippen molar-refractivity contribution < 1.29 is 17.7 Å². The van der Waals surface area contributed by atoms with Crippen molar-refractivity contribution >= 4 is 21.9 Å². The lowest BCUT2D eigenvalue weighted by Crippen LogP contribution is -2.07. The molecule has 0 aromatic rings. The van der Waals surface area contributed by atoms with Crippen molar-refractivity contribution in [2.75, 3.05) is 30.5 Å². The average Bonchev–Trinajstić information content (AvgIpc) is 2.07. The molecule has 0 spiro atoms. The molecule has 0 amide bonds. The lowest BCUT2D eigenvalue weighted by atomic mass is 10.2. The van der Waals surface area contributed by atoms with Gasteiger partial charge in [0.1, 0.15) is 0 Å². The molecule has 4 nitrogen and oxygen atoms in total. The summed E-state index contributed by atoms with van der Waals surface area (Å²) >= 11 is 1.52. The SMILES string of the molecule is CC(C)COCCCSCCS(=O)(=O)O. The fourth-order valence-corrected chi connectivity index (χ4v) is 2.69. The lowest BCUT2D eigenvalue weighted by molar-refractivity contribution is 0.111. The van der Waals surface area contributed by atoms with Gasteiger partial charge in [0.25, 0.3) is 10.1 Å². The maximum Gasteiger partial charge on any atom is 0.265 e. The molecule has 6 heteroatoms. The van der Waals surface area contributed by atoms with Gasteiger partial charge in [-0.15, -0.1) is 0 Å². The average molecular weight is 256 g/mol. The van der Waals surface area contributed by atoms with Crippen LogP contribution in [0.25, 0.3) is 0 Å². The maximum absolute atomic E-state index is 10.4. The van der Waals surface area contributed by atoms with Crippen molar-refractivity contribution in [2.45, 2.75) is 20.3 Å². The molecule has 0 aliphatic rings. The van der Waals surface area contributed by atoms with Gasteiger partial charge >= 0.3 is 0 Å². The first kappa shape index (κ1) is 15.2. The van der Waals surface area contributed by atoms with Crippen molar-refractivity contribution in [2.24, 2.45) is 5.92 Å². The third-order valence-corrected chi connectivity index (χ3v) is 3.56. The van der Waals surface area contributed by atoms with Gasteiger partial charge in [-0.2, -0.15) is 20.2 Å². The second kappa shape index (κ2) is 8.38. The normalized spacial score (nSPS) is 12.3. The fourth-order valence-electron chi connectivity index (χ4n) is 0.848. The van der Waals surface area contributed by atoms with Gasteiger partial charge in [-0.25, -0.2) is 0 Å². The molecule has 0 fully saturated rings. The molecule has 0 unspecified atom stereocenters. The molecule has 15 heavy (non-hydrogen) atoms. The molecule has 0 heterocycles. The molecule has 92 valence electrons. The molecule has 0 atom stereocenters. The van der Waals surface area contributed by atoms with Gasteiger partial charge in [0.15, 0.2) is 0 Å². The standard InChI is InChI=1S/C9H20O4S2/c1-9(2)8-13-4-3-5-14-6-7-15(10,11)12/h9H,3-8H2,1-2H3,(H,10,11,12). The monoisotopic (exact) mass is 256 g/mol. The summed E-state index contributed by atoms with van der Waals surface area (Å²) in [7, 11) is -3.78. The molecule has 1 N–H and O–H groups in total. The van der Waals surface area contributed by atoms with E-state index in [1.807, 2.05) is 0 Å². The van der Waals surface area contributed by atoms with E-state index in [1.165, 1.54) is 11.8 Å². The summed E-state index contributed by atoms with van der Waals surface area (Å²) in [5, 5.41) is 0. The van der Waals surface area contributed by atoms with E-state index in [0.29, 0.717) is 11.7 Å². The Hall–Kier alpha value is 0.220. The lowest BCUT2D eigenvalue weighted by Gasteiger charge is -2.06. The van der Waals surface area contributed by atoms with Gasteiger partial charge in [0.2, 0.25) is 0 Å². The highest BCUT2D eigenvalue weighted by Gasteiger charge is 2.03. The van der Waals surface area contributed by atoms with Crippen LogP contribution in [0.4, 0.5) is 0 Å². The third kappa shape index (κ3) is 14.2. The first-order chi connectivity index (χ1) is 6.92. The van der Waals surface area contributed by atoms with Gasteiger partial charge in [-0.05, 0) is 18.1 Å². The minimum absolute atomic E-state index is 0.162. The molecular formula is C9H20O4S2. The van der Waals surface area contributed by atoms with Crippen molar-refractivity contribution in [3.63, 3.8) is 0 Å². The van der Waals surface area contributed by atoms with Crippen LogP contribution in [0.1, 0.15) is 20.3 Å². The highest BCUT2D eigenvalue weighted by atomic mass is 32.2. The molecule has 0 aliphatic carbocycles. The van der Waals surface area contributed by atoms with Crippen molar-refractivity contribution in [1.82, 2.24) is 0 Å². The molecule has 0 aromatic carbocycles. The largest absolute Gasteiger partial charge is 0.381 e. The van der Waals surface area contributed by atoms with E-state index in [2.05, 4.69) is 13.8 Å². The Morgan fingerprint density at radius 3 is 2.53 bits per heavy atom. The van der Waals surface area contributed by atoms with E-state index >= 15 is 0 Å². The summed E-state index contributed by atoms with van der Waals surface area (Å²) in [5.41, 5.74) is 0. The van der Waals surface area contributed by atoms with Crippen molar-refractivity contribution in [3.8, 4) is 0 Å². The van der Waals surface area contributed by atoms with Crippen LogP contribution in [0.3, 0.4) is 0 Å². The summed E-state index contributed by atoms with van der Waals surface area (Å²) in [4.78, 5) is 0. The molecule has 0 bridgehead atoms. The molecular weight excluding hydrogens is 236 g/mol. The number of rotatable bonds is 9. The number of thioether (sulfide) groups is 1. The molecule has 0 saturated carbocycles. The Balaban J connectivity index is 3.12. The predicted octanol–water partition coefficient (Wildman–Crippen LogP) is 1.67. The van der Waals surface area contributed by atoms with Crippen LogP contribution in [0.15, 0.2) is 0 Å². The Morgan fingerprint density at radius 2 is 2.00 bits per heavy atom. The summed E-state index contributed by atoms with van der Waals surface area (Å²) in [6.45, 7) is 5.69. The Bertz CT molecular complexity index is 236. The van der Waals surface area contributed by atoms with Gasteiger partial charge < -0.3 is 4.74 Å². The van der Waals surface area contributed by atoms with E-state index in [-0.39, 0.29) is 5.75 Å². The summed E-state index contributed by atoms with van der Waals surface area (Å²) in [6.07, 6.45) is 0.920. The van der Waals surface area contributed by atoms with E-state index in [4.69, 9.17) is 9.29 Å². The fraction of sp³-hybridized carbons (Fsp3) is 1.00. The van der Waals surface area contributed by atoms with Crippen LogP contribution in [0.5, 0.6) is 0 Å². The quantitative estimate of drug-likeness (QED) is 0.502. The van der Waals surface area contributed by atoms with Crippen LogP contribution in [-0.2, 0) is 14.9 Å². The summed E-state index contributed by atoms with van der Waals surface area (Å²) in [5.74, 6) is 1.71. The van der Waals surface area contributed by atoms with Gasteiger partial charge in [0.05, 0.1) is 5.75 Å². The van der Waals surface area contributed by atoms with E-state index in [9.17, 15) is 8.42 Å². The third-order valence-electron chi connectivity index (χ3n) is 1.51. The minimum atomic E-state index is -3.78. The molecule has 0 aliphatic heterocycles. The summed E-state index contributed by atoms with van der Waals surface area (Å²) < 4.78 is 34.5. The van der Waals surface area contributed by atoms with E-state index in [0.717, 1.165) is 25.4 Å². The molecule has 0 rings (SSSR count). The number of hydrogen-bond acceptors (Lipinski definition) is 4. The Labute approximate surface area is 96.5 Å².